The molecule has 0 aromatic heterocycles. The van der Waals surface area contributed by atoms with Gasteiger partial charge in [0.2, 0.25) is 0 Å². The van der Waals surface area contributed by atoms with E-state index in [0.29, 0.717) is 6.04 Å². The molecule has 0 fully saturated rings. The maximum atomic E-state index is 5.48. The van der Waals surface area contributed by atoms with E-state index < -0.39 is 0 Å². The number of hydrogen-bond donors (Lipinski definition) is 0. The molecule has 0 spiro atoms. The molecule has 1 nitrogen and oxygen atoms in total. The van der Waals surface area contributed by atoms with Crippen LogP contribution in [0.2, 0.25) is 0 Å². The monoisotopic (exact) mass is 355 g/mol. The van der Waals surface area contributed by atoms with E-state index in [9.17, 15) is 0 Å². The van der Waals surface area contributed by atoms with E-state index in [-0.39, 0.29) is 0 Å². The Balaban J connectivity index is 1.86. The van der Waals surface area contributed by atoms with Crippen molar-refractivity contribution in [3.8, 4) is 12.3 Å². The first-order chi connectivity index (χ1) is 13.1. The molecular formula is C26H29N. The average Bonchev–Trinajstić information content (AvgIpc) is 2.69. The van der Waals surface area contributed by atoms with Crippen molar-refractivity contribution in [3.05, 3.63) is 88.5 Å². The maximum absolute atomic E-state index is 5.48. The molecule has 1 aliphatic heterocycles. The highest BCUT2D eigenvalue weighted by molar-refractivity contribution is 5.54. The molecule has 0 bridgehead atoms. The normalized spacial score (nSPS) is 17.4. The molecular weight excluding hydrogens is 326 g/mol. The van der Waals surface area contributed by atoms with Gasteiger partial charge in [-0.2, -0.15) is 0 Å². The van der Waals surface area contributed by atoms with Gasteiger partial charge in [-0.15, -0.1) is 6.42 Å². The van der Waals surface area contributed by atoms with Crippen LogP contribution in [0.1, 0.15) is 43.4 Å². The molecule has 1 atom stereocenters. The van der Waals surface area contributed by atoms with Crippen LogP contribution >= 0.6 is 0 Å². The van der Waals surface area contributed by atoms with Gasteiger partial charge in [0.15, 0.2) is 0 Å². The number of allylic oxidation sites excluding steroid dienone is 2. The molecule has 138 valence electrons. The van der Waals surface area contributed by atoms with Gasteiger partial charge in [0, 0.05) is 17.8 Å². The summed E-state index contributed by atoms with van der Waals surface area (Å²) in [6.07, 6.45) is 13.2. The molecule has 2 aromatic rings. The molecule has 0 N–H and O–H groups in total. The number of nitrogens with zero attached hydrogens (tertiary/aromatic N) is 1. The highest BCUT2D eigenvalue weighted by Crippen LogP contribution is 2.32. The summed E-state index contributed by atoms with van der Waals surface area (Å²) in [6.45, 7) is 7.66. The van der Waals surface area contributed by atoms with Crippen molar-refractivity contribution in [2.45, 2.75) is 46.1 Å². The molecule has 0 saturated carbocycles. The highest BCUT2D eigenvalue weighted by Gasteiger charge is 2.26. The Labute approximate surface area is 164 Å². The van der Waals surface area contributed by atoms with Crippen LogP contribution in [-0.4, -0.2) is 12.6 Å². The van der Waals surface area contributed by atoms with Crippen molar-refractivity contribution in [2.24, 2.45) is 0 Å². The van der Waals surface area contributed by atoms with Crippen LogP contribution in [0.25, 0.3) is 0 Å². The lowest BCUT2D eigenvalue weighted by Crippen LogP contribution is -2.41. The number of hydrogen-bond acceptors (Lipinski definition) is 1. The van der Waals surface area contributed by atoms with Crippen LogP contribution in [-0.2, 0) is 6.42 Å². The fourth-order valence-corrected chi connectivity index (χ4v) is 4.02. The van der Waals surface area contributed by atoms with Crippen LogP contribution < -0.4 is 4.90 Å². The summed E-state index contributed by atoms with van der Waals surface area (Å²) >= 11 is 0. The molecule has 1 heteroatoms. The van der Waals surface area contributed by atoms with Crippen LogP contribution in [0.5, 0.6) is 0 Å². The molecule has 0 amide bonds. The second-order valence-electron chi connectivity index (χ2n) is 7.39. The van der Waals surface area contributed by atoms with Gasteiger partial charge in [0.25, 0.3) is 0 Å². The summed E-state index contributed by atoms with van der Waals surface area (Å²) in [5.74, 6) is 2.70. The van der Waals surface area contributed by atoms with Gasteiger partial charge >= 0.3 is 0 Å². The van der Waals surface area contributed by atoms with Crippen molar-refractivity contribution in [1.82, 2.24) is 0 Å². The number of aryl methyl sites for hydroxylation is 2. The Kier molecular flexibility index (Phi) is 6.20. The standard InChI is InChI=1S/C26H29N/c1-5-8-24-17-18-27(25-10-7-9-20(3)19-25)26(21(24)4)16-15-23-13-11-22(6-2)12-14-23/h2,5,7-14,19,26H,15-18H2,1,3-4H3/b8-5-. The summed E-state index contributed by atoms with van der Waals surface area (Å²) < 4.78 is 0. The number of anilines is 1. The summed E-state index contributed by atoms with van der Waals surface area (Å²) in [5, 5.41) is 0. The Bertz CT molecular complexity index is 877. The zero-order valence-corrected chi connectivity index (χ0v) is 16.7. The molecule has 2 aromatic carbocycles. The van der Waals surface area contributed by atoms with E-state index >= 15 is 0 Å². The smallest absolute Gasteiger partial charge is 0.0508 e. The Hall–Kier alpha value is -2.72. The second kappa shape index (κ2) is 8.78. The summed E-state index contributed by atoms with van der Waals surface area (Å²) in [5.41, 5.74) is 7.95. The van der Waals surface area contributed by atoms with Crippen molar-refractivity contribution in [2.75, 3.05) is 11.4 Å². The summed E-state index contributed by atoms with van der Waals surface area (Å²) in [6, 6.07) is 17.7. The third-order valence-electron chi connectivity index (χ3n) is 5.53. The van der Waals surface area contributed by atoms with Crippen LogP contribution in [0.3, 0.4) is 0 Å². The van der Waals surface area contributed by atoms with Crippen molar-refractivity contribution in [1.29, 1.82) is 0 Å². The third-order valence-corrected chi connectivity index (χ3v) is 5.53. The van der Waals surface area contributed by atoms with Gasteiger partial charge in [0.05, 0.1) is 6.04 Å². The second-order valence-corrected chi connectivity index (χ2v) is 7.39. The van der Waals surface area contributed by atoms with Crippen molar-refractivity contribution >= 4 is 5.69 Å². The van der Waals surface area contributed by atoms with Gasteiger partial charge in [-0.05, 0) is 86.6 Å². The average molecular weight is 356 g/mol. The van der Waals surface area contributed by atoms with Crippen molar-refractivity contribution < 1.29 is 0 Å². The quantitative estimate of drug-likeness (QED) is 0.587. The van der Waals surface area contributed by atoms with Crippen LogP contribution in [0, 0.1) is 19.3 Å². The molecule has 27 heavy (non-hydrogen) atoms. The minimum absolute atomic E-state index is 0.430. The SMILES string of the molecule is C#Cc1ccc(CCC2C(C)=C(/C=C\C)CCN2c2cccc(C)c2)cc1. The Morgan fingerprint density at radius 3 is 2.59 bits per heavy atom. The fraction of sp³-hybridized carbons (Fsp3) is 0.308. The first-order valence-electron chi connectivity index (χ1n) is 9.83. The first kappa shape index (κ1) is 19.1. The van der Waals surface area contributed by atoms with Gasteiger partial charge in [-0.25, -0.2) is 0 Å². The Morgan fingerprint density at radius 2 is 1.93 bits per heavy atom. The van der Waals surface area contributed by atoms with Crippen LogP contribution in [0.4, 0.5) is 5.69 Å². The van der Waals surface area contributed by atoms with Gasteiger partial charge in [0.1, 0.15) is 0 Å². The predicted molar refractivity (Wildman–Crippen MR) is 117 cm³/mol. The molecule has 1 heterocycles. The van der Waals surface area contributed by atoms with Gasteiger partial charge in [-0.1, -0.05) is 42.3 Å². The lowest BCUT2D eigenvalue weighted by Gasteiger charge is -2.39. The van der Waals surface area contributed by atoms with E-state index in [0.717, 1.165) is 31.4 Å². The van der Waals surface area contributed by atoms with Gasteiger partial charge < -0.3 is 4.90 Å². The maximum Gasteiger partial charge on any atom is 0.0508 e. The molecule has 0 saturated heterocycles. The third kappa shape index (κ3) is 4.52. The minimum atomic E-state index is 0.430. The number of rotatable bonds is 5. The first-order valence-corrected chi connectivity index (χ1v) is 9.83. The van der Waals surface area contributed by atoms with E-state index in [2.05, 4.69) is 80.1 Å². The topological polar surface area (TPSA) is 3.24 Å². The van der Waals surface area contributed by atoms with E-state index in [1.165, 1.54) is 28.0 Å². The van der Waals surface area contributed by atoms with Crippen molar-refractivity contribution in [3.63, 3.8) is 0 Å². The summed E-state index contributed by atoms with van der Waals surface area (Å²) in [7, 11) is 0. The lowest BCUT2D eigenvalue weighted by atomic mass is 9.89. The molecule has 1 unspecified atom stereocenters. The summed E-state index contributed by atoms with van der Waals surface area (Å²) in [4.78, 5) is 2.59. The van der Waals surface area contributed by atoms with Gasteiger partial charge in [-0.3, -0.25) is 0 Å². The minimum Gasteiger partial charge on any atom is -0.364 e. The number of terminal acetylenes is 1. The predicted octanol–water partition coefficient (Wildman–Crippen LogP) is 6.08. The molecule has 0 radical (unpaired) electrons. The zero-order chi connectivity index (χ0) is 19.2. The van der Waals surface area contributed by atoms with E-state index in [1.807, 2.05) is 12.1 Å². The largest absolute Gasteiger partial charge is 0.364 e. The molecule has 1 aliphatic rings. The van der Waals surface area contributed by atoms with E-state index in [4.69, 9.17) is 6.42 Å². The van der Waals surface area contributed by atoms with E-state index in [1.54, 1.807) is 0 Å². The fourth-order valence-electron chi connectivity index (χ4n) is 4.02. The highest BCUT2D eigenvalue weighted by atomic mass is 15.2. The molecule has 3 rings (SSSR count). The number of benzene rings is 2. The van der Waals surface area contributed by atoms with Crippen LogP contribution in [0.15, 0.2) is 71.8 Å². The lowest BCUT2D eigenvalue weighted by molar-refractivity contribution is 0.577. The Morgan fingerprint density at radius 1 is 1.15 bits per heavy atom. The zero-order valence-electron chi connectivity index (χ0n) is 16.7. The molecule has 0 aliphatic carbocycles.